The van der Waals surface area contributed by atoms with E-state index in [9.17, 15) is 4.79 Å². The van der Waals surface area contributed by atoms with E-state index in [4.69, 9.17) is 5.73 Å². The third-order valence-corrected chi connectivity index (χ3v) is 5.17. The Balaban J connectivity index is 1.81. The van der Waals surface area contributed by atoms with Gasteiger partial charge in [0.05, 0.1) is 0 Å². The first-order chi connectivity index (χ1) is 8.20. The van der Waals surface area contributed by atoms with Gasteiger partial charge in [0.2, 0.25) is 5.91 Å². The number of nitrogens with two attached hydrogens (primary N) is 1. The van der Waals surface area contributed by atoms with Crippen LogP contribution in [0.3, 0.4) is 0 Å². The number of carbonyl (C=O) groups is 1. The van der Waals surface area contributed by atoms with Crippen molar-refractivity contribution < 1.29 is 4.79 Å². The van der Waals surface area contributed by atoms with Crippen molar-refractivity contribution >= 4 is 5.91 Å². The normalized spacial score (nSPS) is 46.2. The summed E-state index contributed by atoms with van der Waals surface area (Å²) in [5.74, 6) is 1.68. The lowest BCUT2D eigenvalue weighted by Gasteiger charge is -2.61. The van der Waals surface area contributed by atoms with Crippen molar-refractivity contribution in [1.29, 1.82) is 0 Å². The van der Waals surface area contributed by atoms with Crippen LogP contribution in [0, 0.1) is 17.3 Å². The third kappa shape index (κ3) is 1.97. The van der Waals surface area contributed by atoms with Crippen LogP contribution in [-0.4, -0.2) is 17.0 Å². The van der Waals surface area contributed by atoms with E-state index in [1.54, 1.807) is 0 Å². The molecule has 18 heavy (non-hydrogen) atoms. The Morgan fingerprint density at radius 3 is 2.17 bits per heavy atom. The molecule has 0 aromatic heterocycles. The van der Waals surface area contributed by atoms with Crippen LogP contribution in [0.1, 0.15) is 59.3 Å². The van der Waals surface area contributed by atoms with Gasteiger partial charge >= 0.3 is 0 Å². The average Bonchev–Trinajstić information content (AvgIpc) is 2.10. The van der Waals surface area contributed by atoms with Crippen LogP contribution in [0.25, 0.3) is 0 Å². The first-order valence-corrected chi connectivity index (χ1v) is 7.31. The summed E-state index contributed by atoms with van der Waals surface area (Å²) in [4.78, 5) is 12.3. The molecule has 4 aliphatic carbocycles. The molecule has 0 aromatic carbocycles. The topological polar surface area (TPSA) is 55.1 Å². The molecule has 4 aliphatic rings. The van der Waals surface area contributed by atoms with E-state index in [1.165, 1.54) is 19.3 Å². The Morgan fingerprint density at radius 2 is 1.72 bits per heavy atom. The lowest BCUT2D eigenvalue weighted by molar-refractivity contribution is -0.134. The predicted molar refractivity (Wildman–Crippen MR) is 71.9 cm³/mol. The van der Waals surface area contributed by atoms with Gasteiger partial charge in [0, 0.05) is 16.5 Å². The Hall–Kier alpha value is -0.570. The molecule has 3 nitrogen and oxygen atoms in total. The quantitative estimate of drug-likeness (QED) is 0.749. The van der Waals surface area contributed by atoms with E-state index in [2.05, 4.69) is 5.32 Å². The van der Waals surface area contributed by atoms with Gasteiger partial charge in [-0.15, -0.1) is 0 Å². The second-order valence-corrected chi connectivity index (χ2v) is 8.31. The molecule has 4 fully saturated rings. The van der Waals surface area contributed by atoms with Crippen LogP contribution in [0.2, 0.25) is 0 Å². The van der Waals surface area contributed by atoms with Gasteiger partial charge in [0.1, 0.15) is 0 Å². The van der Waals surface area contributed by atoms with Crippen molar-refractivity contribution in [3.05, 3.63) is 0 Å². The summed E-state index contributed by atoms with van der Waals surface area (Å²) in [6.45, 7) is 5.96. The minimum atomic E-state index is -0.301. The van der Waals surface area contributed by atoms with Crippen molar-refractivity contribution in [1.82, 2.24) is 5.32 Å². The maximum atomic E-state index is 12.3. The van der Waals surface area contributed by atoms with Crippen LogP contribution in [0.5, 0.6) is 0 Å². The molecule has 0 heterocycles. The molecule has 0 aromatic rings. The fourth-order valence-corrected chi connectivity index (χ4v) is 4.91. The van der Waals surface area contributed by atoms with Crippen molar-refractivity contribution in [3.63, 3.8) is 0 Å². The molecule has 0 aliphatic heterocycles. The molecule has 1 amide bonds. The molecule has 4 bridgehead atoms. The Kier molecular flexibility index (Phi) is 2.42. The lowest BCUT2D eigenvalue weighted by atomic mass is 9.50. The number of carbonyl (C=O) groups excluding carboxylic acids is 1. The highest BCUT2D eigenvalue weighted by atomic mass is 16.2. The Morgan fingerprint density at radius 1 is 1.17 bits per heavy atom. The van der Waals surface area contributed by atoms with Gasteiger partial charge in [-0.05, 0) is 50.4 Å². The zero-order valence-electron chi connectivity index (χ0n) is 11.9. The monoisotopic (exact) mass is 250 g/mol. The van der Waals surface area contributed by atoms with E-state index in [1.807, 2.05) is 20.8 Å². The van der Waals surface area contributed by atoms with E-state index < -0.39 is 0 Å². The maximum absolute atomic E-state index is 12.3. The van der Waals surface area contributed by atoms with Crippen LogP contribution < -0.4 is 11.1 Å². The SMILES string of the molecule is CC(C)(C)C(=O)NC12CC3CC(CC(N)(C3)C1)C2. The second-order valence-electron chi connectivity index (χ2n) is 8.31. The zero-order chi connectivity index (χ0) is 13.2. The molecule has 2 unspecified atom stereocenters. The number of nitrogens with one attached hydrogen (secondary N) is 1. The van der Waals surface area contributed by atoms with Crippen LogP contribution in [0.15, 0.2) is 0 Å². The summed E-state index contributed by atoms with van der Waals surface area (Å²) >= 11 is 0. The Labute approximate surface area is 110 Å². The lowest BCUT2D eigenvalue weighted by Crippen LogP contribution is -2.68. The van der Waals surface area contributed by atoms with Crippen molar-refractivity contribution in [2.45, 2.75) is 70.4 Å². The smallest absolute Gasteiger partial charge is 0.225 e. The molecule has 4 saturated carbocycles. The van der Waals surface area contributed by atoms with Gasteiger partial charge in [0.25, 0.3) is 0 Å². The molecule has 0 radical (unpaired) electrons. The molecule has 4 rings (SSSR count). The molecular formula is C15H26N2O. The second kappa shape index (κ2) is 3.50. The van der Waals surface area contributed by atoms with Gasteiger partial charge < -0.3 is 11.1 Å². The summed E-state index contributed by atoms with van der Waals surface area (Å²) < 4.78 is 0. The Bertz CT molecular complexity index is 368. The van der Waals surface area contributed by atoms with E-state index in [-0.39, 0.29) is 22.4 Å². The molecule has 3 heteroatoms. The minimum absolute atomic E-state index is 0.00917. The average molecular weight is 250 g/mol. The van der Waals surface area contributed by atoms with Gasteiger partial charge in [-0.2, -0.15) is 0 Å². The molecule has 102 valence electrons. The summed E-state index contributed by atoms with van der Waals surface area (Å²) in [6.07, 6.45) is 7.00. The summed E-state index contributed by atoms with van der Waals surface area (Å²) in [6, 6.07) is 0. The minimum Gasteiger partial charge on any atom is -0.350 e. The van der Waals surface area contributed by atoms with Crippen molar-refractivity contribution in [3.8, 4) is 0 Å². The van der Waals surface area contributed by atoms with Crippen LogP contribution in [0.4, 0.5) is 0 Å². The highest BCUT2D eigenvalue weighted by molar-refractivity contribution is 5.82. The van der Waals surface area contributed by atoms with Crippen LogP contribution >= 0.6 is 0 Å². The zero-order valence-corrected chi connectivity index (χ0v) is 11.9. The van der Waals surface area contributed by atoms with Crippen LogP contribution in [-0.2, 0) is 4.79 Å². The van der Waals surface area contributed by atoms with E-state index >= 15 is 0 Å². The van der Waals surface area contributed by atoms with E-state index in [0.29, 0.717) is 0 Å². The van der Waals surface area contributed by atoms with E-state index in [0.717, 1.165) is 31.1 Å². The van der Waals surface area contributed by atoms with Gasteiger partial charge in [-0.3, -0.25) is 4.79 Å². The third-order valence-electron chi connectivity index (χ3n) is 5.17. The molecule has 3 N–H and O–H groups in total. The van der Waals surface area contributed by atoms with Gasteiger partial charge in [0.15, 0.2) is 0 Å². The standard InChI is InChI=1S/C15H26N2O/c1-13(2,3)12(18)17-15-7-10-4-11(8-15)6-14(16,5-10)9-15/h10-11H,4-9,16H2,1-3H3,(H,17,18). The molecule has 2 atom stereocenters. The fourth-order valence-electron chi connectivity index (χ4n) is 4.91. The summed E-state index contributed by atoms with van der Waals surface area (Å²) in [7, 11) is 0. The highest BCUT2D eigenvalue weighted by Crippen LogP contribution is 2.56. The fraction of sp³-hybridized carbons (Fsp3) is 0.933. The molecule has 0 spiro atoms. The highest BCUT2D eigenvalue weighted by Gasteiger charge is 2.57. The maximum Gasteiger partial charge on any atom is 0.225 e. The first kappa shape index (κ1) is 12.5. The molecule has 0 saturated heterocycles. The number of amides is 1. The van der Waals surface area contributed by atoms with Crippen molar-refractivity contribution in [2.75, 3.05) is 0 Å². The number of rotatable bonds is 1. The largest absolute Gasteiger partial charge is 0.350 e. The number of hydrogen-bond donors (Lipinski definition) is 2. The summed E-state index contributed by atoms with van der Waals surface area (Å²) in [5, 5.41) is 3.37. The summed E-state index contributed by atoms with van der Waals surface area (Å²) in [5.41, 5.74) is 6.27. The first-order valence-electron chi connectivity index (χ1n) is 7.31. The van der Waals surface area contributed by atoms with Gasteiger partial charge in [-0.1, -0.05) is 20.8 Å². The van der Waals surface area contributed by atoms with Crippen molar-refractivity contribution in [2.24, 2.45) is 23.0 Å². The van der Waals surface area contributed by atoms with Gasteiger partial charge in [-0.25, -0.2) is 0 Å². The molecular weight excluding hydrogens is 224 g/mol. The number of hydrogen-bond acceptors (Lipinski definition) is 2. The predicted octanol–water partition coefficient (Wildman–Crippen LogP) is 2.20.